The number of nitrogen functional groups attached to an aromatic ring is 1. The molecule has 54 heavy (non-hydrogen) atoms. The zero-order chi connectivity index (χ0) is 36.7. The Labute approximate surface area is 318 Å². The lowest BCUT2D eigenvalue weighted by molar-refractivity contribution is 0.252. The van der Waals surface area contributed by atoms with E-state index in [1.165, 1.54) is 12.8 Å². The smallest absolute Gasteiger partial charge is 0.230 e. The summed E-state index contributed by atoms with van der Waals surface area (Å²) in [7, 11) is 4.11. The van der Waals surface area contributed by atoms with Gasteiger partial charge in [0.25, 0.3) is 0 Å². The van der Waals surface area contributed by atoms with Gasteiger partial charge >= 0.3 is 0 Å². The number of hydrogen-bond donors (Lipinski definition) is 2. The third kappa shape index (κ3) is 7.42. The number of nitrogens with two attached hydrogens (primary N) is 1. The summed E-state index contributed by atoms with van der Waals surface area (Å²) < 4.78 is 15.3. The first kappa shape index (κ1) is 36.3. The summed E-state index contributed by atoms with van der Waals surface area (Å²) in [4.78, 5) is 38.2. The van der Waals surface area contributed by atoms with Crippen LogP contribution in [0.4, 0.5) is 29.2 Å². The molecule has 280 valence electrons. The Morgan fingerprint density at radius 2 is 1.22 bits per heavy atom. The fourth-order valence-corrected chi connectivity index (χ4v) is 6.29. The molecule has 0 aromatic carbocycles. The maximum Gasteiger partial charge on any atom is 0.230 e. The highest BCUT2D eigenvalue weighted by Gasteiger charge is 2.52. The highest BCUT2D eigenvalue weighted by molar-refractivity contribution is 6.28. The Morgan fingerprint density at radius 3 is 1.70 bits per heavy atom. The number of fused-ring (bicyclic) bond motifs is 2. The van der Waals surface area contributed by atoms with Crippen LogP contribution in [0.15, 0.2) is 74.1 Å². The largest absolute Gasteiger partial charge is 0.486 e. The van der Waals surface area contributed by atoms with Crippen molar-refractivity contribution in [3.8, 4) is 22.9 Å². The van der Waals surface area contributed by atoms with Gasteiger partial charge in [-0.3, -0.25) is 0 Å². The summed E-state index contributed by atoms with van der Waals surface area (Å²) in [5, 5.41) is 3.44. The average Bonchev–Trinajstić information content (AvgIpc) is 4.04. The van der Waals surface area contributed by atoms with Gasteiger partial charge in [-0.1, -0.05) is 7.43 Å². The molecule has 17 heteroatoms. The SMILES string of the molecule is C.CN1c2nc(Cl)ncc2OCC12CC2.Cc1cn(-c2ccc(N)nc2)cn1.Cc1cn(-c2ccc(Nc3ncc4c(n3)N(C)C3(CC3)CO4)nc2)cn1. The summed E-state index contributed by atoms with van der Waals surface area (Å²) in [6.07, 6.45) is 18.9. The second-order valence-corrected chi connectivity index (χ2v) is 14.0. The quantitative estimate of drug-likeness (QED) is 0.208. The van der Waals surface area contributed by atoms with Crippen molar-refractivity contribution in [3.63, 3.8) is 0 Å². The molecule has 8 heterocycles. The number of hydrogen-bond acceptors (Lipinski definition) is 14. The molecule has 2 aliphatic heterocycles. The van der Waals surface area contributed by atoms with Gasteiger partial charge < -0.3 is 39.5 Å². The number of ether oxygens (including phenoxy) is 2. The predicted molar refractivity (Wildman–Crippen MR) is 207 cm³/mol. The number of aryl methyl sites for hydroxylation is 2. The predicted octanol–water partition coefficient (Wildman–Crippen LogP) is 5.76. The van der Waals surface area contributed by atoms with Gasteiger partial charge in [0.1, 0.15) is 24.8 Å². The third-order valence-corrected chi connectivity index (χ3v) is 10.1. The van der Waals surface area contributed by atoms with Crippen molar-refractivity contribution in [2.24, 2.45) is 0 Å². The van der Waals surface area contributed by atoms with Crippen LogP contribution in [0, 0.1) is 13.8 Å². The number of halogens is 1. The molecular weight excluding hydrogens is 708 g/mol. The maximum atomic E-state index is 5.82. The molecule has 6 aromatic heterocycles. The number of nitrogens with zero attached hydrogens (tertiary/aromatic N) is 12. The summed E-state index contributed by atoms with van der Waals surface area (Å²) in [5.41, 5.74) is 9.65. The monoisotopic (exact) mass is 750 g/mol. The van der Waals surface area contributed by atoms with Crippen molar-refractivity contribution >= 4 is 40.8 Å². The Hall–Kier alpha value is -6.03. The molecule has 0 unspecified atom stereocenters. The van der Waals surface area contributed by atoms with Gasteiger partial charge in [0.05, 0.1) is 71.3 Å². The van der Waals surface area contributed by atoms with E-state index in [4.69, 9.17) is 26.8 Å². The zero-order valence-corrected chi connectivity index (χ0v) is 30.6. The van der Waals surface area contributed by atoms with Gasteiger partial charge in [-0.25, -0.2) is 29.9 Å². The number of pyridine rings is 2. The number of anilines is 5. The maximum absolute atomic E-state index is 5.82. The Balaban J connectivity index is 0.000000136. The van der Waals surface area contributed by atoms with Gasteiger partial charge in [0.2, 0.25) is 11.2 Å². The van der Waals surface area contributed by atoms with Gasteiger partial charge in [0.15, 0.2) is 23.1 Å². The van der Waals surface area contributed by atoms with E-state index in [9.17, 15) is 0 Å². The van der Waals surface area contributed by atoms with Gasteiger partial charge in [0, 0.05) is 26.5 Å². The van der Waals surface area contributed by atoms with Gasteiger partial charge in [-0.05, 0) is 75.4 Å². The van der Waals surface area contributed by atoms with E-state index >= 15 is 0 Å². The Kier molecular flexibility index (Phi) is 9.70. The topological polar surface area (TPSA) is 176 Å². The lowest BCUT2D eigenvalue weighted by Gasteiger charge is -2.34. The van der Waals surface area contributed by atoms with Crippen LogP contribution in [0.1, 0.15) is 44.5 Å². The van der Waals surface area contributed by atoms with Gasteiger partial charge in [-0.2, -0.15) is 9.97 Å². The van der Waals surface area contributed by atoms with Crippen molar-refractivity contribution in [3.05, 3.63) is 90.8 Å². The highest BCUT2D eigenvalue weighted by atomic mass is 35.5. The molecule has 16 nitrogen and oxygen atoms in total. The van der Waals surface area contributed by atoms with Crippen LogP contribution in [0.2, 0.25) is 5.28 Å². The molecule has 10 rings (SSSR count). The van der Waals surface area contributed by atoms with E-state index in [1.807, 2.05) is 60.6 Å². The Morgan fingerprint density at radius 1 is 0.685 bits per heavy atom. The molecule has 2 spiro atoms. The summed E-state index contributed by atoms with van der Waals surface area (Å²) in [5.74, 6) is 4.83. The zero-order valence-electron chi connectivity index (χ0n) is 29.8. The number of imidazole rings is 2. The number of likely N-dealkylation sites (N-methyl/N-ethyl adjacent to an activating group) is 2. The minimum absolute atomic E-state index is 0. The summed E-state index contributed by atoms with van der Waals surface area (Å²) in [6, 6.07) is 7.55. The molecule has 0 bridgehead atoms. The first-order valence-electron chi connectivity index (χ1n) is 17.2. The number of aromatic nitrogens is 10. The van der Waals surface area contributed by atoms with Crippen LogP contribution in [0.5, 0.6) is 11.5 Å². The number of nitrogens with one attached hydrogen (secondary N) is 1. The number of rotatable bonds is 4. The average molecular weight is 751 g/mol. The molecule has 3 N–H and O–H groups in total. The molecule has 6 aromatic rings. The molecule has 4 aliphatic rings. The molecule has 0 atom stereocenters. The third-order valence-electron chi connectivity index (χ3n) is 9.93. The van der Waals surface area contributed by atoms with Crippen molar-refractivity contribution in [2.75, 3.05) is 48.2 Å². The van der Waals surface area contributed by atoms with Crippen LogP contribution in [-0.4, -0.2) is 87.4 Å². The van der Waals surface area contributed by atoms with Crippen LogP contribution >= 0.6 is 11.6 Å². The molecular formula is C37H43ClN14O2. The molecule has 2 saturated carbocycles. The molecule has 2 fully saturated rings. The van der Waals surface area contributed by atoms with Crippen molar-refractivity contribution in [1.82, 2.24) is 49.0 Å². The second-order valence-electron chi connectivity index (χ2n) is 13.7. The van der Waals surface area contributed by atoms with E-state index < -0.39 is 0 Å². The minimum Gasteiger partial charge on any atom is -0.486 e. The standard InChI is InChI=1S/C18H19N7O.C9H10ClN3O.C9H10N4.CH4/c1-12-9-25(11-21-12)13-3-4-15(19-7-13)22-17-20-8-14-16(23-17)24(2)18(5-6-18)10-26-14;1-13-7-6(4-11-8(10)12-7)14-5-9(13)2-3-9;1-7-5-13(6-12-7)8-2-3-9(10)11-4-8;/h3-4,7-9,11H,5-6,10H2,1-2H3,(H,19,20,22,23);4H,2-3,5H2,1H3;2-6H,1H3,(H2,10,11);1H4. The highest BCUT2D eigenvalue weighted by Crippen LogP contribution is 2.49. The van der Waals surface area contributed by atoms with Crippen molar-refractivity contribution in [2.45, 2.75) is 58.0 Å². The molecule has 2 aliphatic carbocycles. The Bertz CT molecular complexity index is 2230. The summed E-state index contributed by atoms with van der Waals surface area (Å²) >= 11 is 5.75. The normalized spacial score (nSPS) is 16.2. The van der Waals surface area contributed by atoms with Crippen LogP contribution in [-0.2, 0) is 0 Å². The van der Waals surface area contributed by atoms with E-state index in [2.05, 4.69) is 62.0 Å². The van der Waals surface area contributed by atoms with Crippen LogP contribution in [0.25, 0.3) is 11.4 Å². The van der Waals surface area contributed by atoms with Crippen LogP contribution < -0.4 is 30.3 Å². The van der Waals surface area contributed by atoms with E-state index in [0.29, 0.717) is 24.2 Å². The fourth-order valence-electron chi connectivity index (χ4n) is 6.16. The first-order chi connectivity index (χ1) is 25.6. The van der Waals surface area contributed by atoms with E-state index in [-0.39, 0.29) is 23.8 Å². The first-order valence-corrected chi connectivity index (χ1v) is 17.6. The fraction of sp³-hybridized carbons (Fsp3) is 0.351. The summed E-state index contributed by atoms with van der Waals surface area (Å²) in [6.45, 7) is 5.35. The van der Waals surface area contributed by atoms with Gasteiger partial charge in [-0.15, -0.1) is 0 Å². The minimum atomic E-state index is 0. The van der Waals surface area contributed by atoms with Crippen molar-refractivity contribution < 1.29 is 9.47 Å². The molecule has 0 saturated heterocycles. The van der Waals surface area contributed by atoms with Crippen LogP contribution in [0.3, 0.4) is 0 Å². The van der Waals surface area contributed by atoms with E-state index in [1.54, 1.807) is 43.5 Å². The second kappa shape index (κ2) is 14.4. The molecule has 0 amide bonds. The molecule has 0 radical (unpaired) electrons. The van der Waals surface area contributed by atoms with E-state index in [0.717, 1.165) is 65.3 Å². The van der Waals surface area contributed by atoms with Crippen molar-refractivity contribution in [1.29, 1.82) is 0 Å². The lowest BCUT2D eigenvalue weighted by atomic mass is 10.2. The lowest BCUT2D eigenvalue weighted by Crippen LogP contribution is -2.43.